The lowest BCUT2D eigenvalue weighted by molar-refractivity contribution is -0.136. The third-order valence-corrected chi connectivity index (χ3v) is 2.91. The number of carbonyl (C=O) groups excluding carboxylic acids is 2. The first kappa shape index (κ1) is 14.9. The monoisotopic (exact) mass is 308 g/mol. The molecule has 0 bridgehead atoms. The molecule has 0 unspecified atom stereocenters. The van der Waals surface area contributed by atoms with E-state index in [-0.39, 0.29) is 6.54 Å². The fraction of sp³-hybridized carbons (Fsp3) is 0.143. The second-order valence-electron chi connectivity index (χ2n) is 4.07. The molecule has 6 nitrogen and oxygen atoms in total. The summed E-state index contributed by atoms with van der Waals surface area (Å²) in [5.41, 5.74) is 0.402. The van der Waals surface area contributed by atoms with Crippen LogP contribution in [0.5, 0.6) is 5.75 Å². The molecule has 1 aromatic carbocycles. The number of amides is 2. The van der Waals surface area contributed by atoms with Crippen LogP contribution in [0.4, 0.5) is 5.69 Å². The van der Waals surface area contributed by atoms with Crippen molar-refractivity contribution in [3.05, 3.63) is 47.4 Å². The van der Waals surface area contributed by atoms with Crippen LogP contribution in [0, 0.1) is 0 Å². The molecular weight excluding hydrogens is 296 g/mol. The molecule has 0 aliphatic carbocycles. The summed E-state index contributed by atoms with van der Waals surface area (Å²) in [4.78, 5) is 23.3. The van der Waals surface area contributed by atoms with E-state index in [1.165, 1.54) is 19.4 Å². The Morgan fingerprint density at radius 2 is 2.10 bits per heavy atom. The summed E-state index contributed by atoms with van der Waals surface area (Å²) in [6.45, 7) is 0.141. The number of halogens is 1. The molecule has 1 aromatic heterocycles. The zero-order valence-corrected chi connectivity index (χ0v) is 11.9. The summed E-state index contributed by atoms with van der Waals surface area (Å²) in [6.07, 6.45) is 1.49. The molecule has 0 atom stereocenters. The molecule has 0 aliphatic heterocycles. The minimum atomic E-state index is -0.789. The van der Waals surface area contributed by atoms with Gasteiger partial charge in [-0.05, 0) is 30.3 Å². The largest absolute Gasteiger partial charge is 0.495 e. The molecule has 0 saturated carbocycles. The Kier molecular flexibility index (Phi) is 4.84. The Hall–Kier alpha value is -2.47. The van der Waals surface area contributed by atoms with E-state index in [1.807, 2.05) is 0 Å². The first-order chi connectivity index (χ1) is 10.1. The first-order valence-corrected chi connectivity index (χ1v) is 6.43. The van der Waals surface area contributed by atoms with Crippen LogP contribution in [0.2, 0.25) is 5.02 Å². The third kappa shape index (κ3) is 4.00. The van der Waals surface area contributed by atoms with Crippen LogP contribution in [0.1, 0.15) is 5.76 Å². The maximum Gasteiger partial charge on any atom is 0.313 e. The van der Waals surface area contributed by atoms with E-state index in [1.54, 1.807) is 24.3 Å². The van der Waals surface area contributed by atoms with E-state index < -0.39 is 11.8 Å². The van der Waals surface area contributed by atoms with Gasteiger partial charge < -0.3 is 19.8 Å². The smallest absolute Gasteiger partial charge is 0.313 e. The van der Waals surface area contributed by atoms with Gasteiger partial charge in [-0.25, -0.2) is 0 Å². The normalized spacial score (nSPS) is 10.0. The van der Waals surface area contributed by atoms with E-state index in [0.29, 0.717) is 22.2 Å². The average Bonchev–Trinajstić information content (AvgIpc) is 2.98. The number of carbonyl (C=O) groups is 2. The van der Waals surface area contributed by atoms with Gasteiger partial charge in [0.05, 0.1) is 24.9 Å². The SMILES string of the molecule is COc1ccc(NC(=O)C(=O)NCc2ccco2)cc1Cl. The molecule has 0 radical (unpaired) electrons. The fourth-order valence-corrected chi connectivity index (χ4v) is 1.85. The Morgan fingerprint density at radius 1 is 1.29 bits per heavy atom. The molecule has 0 aliphatic rings. The van der Waals surface area contributed by atoms with Crippen molar-refractivity contribution >= 4 is 29.1 Å². The lowest BCUT2D eigenvalue weighted by atomic mass is 10.3. The Bertz CT molecular complexity index is 640. The average molecular weight is 309 g/mol. The molecule has 1 heterocycles. The second kappa shape index (κ2) is 6.81. The second-order valence-corrected chi connectivity index (χ2v) is 4.47. The summed E-state index contributed by atoms with van der Waals surface area (Å²) >= 11 is 5.93. The molecule has 7 heteroatoms. The highest BCUT2D eigenvalue weighted by Crippen LogP contribution is 2.27. The quantitative estimate of drug-likeness (QED) is 0.849. The van der Waals surface area contributed by atoms with Crippen molar-refractivity contribution in [2.24, 2.45) is 0 Å². The van der Waals surface area contributed by atoms with Gasteiger partial charge in [0, 0.05) is 5.69 Å². The van der Waals surface area contributed by atoms with E-state index in [4.69, 9.17) is 20.8 Å². The number of furan rings is 1. The maximum atomic E-state index is 11.7. The highest BCUT2D eigenvalue weighted by Gasteiger charge is 2.14. The van der Waals surface area contributed by atoms with Crippen molar-refractivity contribution in [3.8, 4) is 5.75 Å². The van der Waals surface area contributed by atoms with E-state index in [9.17, 15) is 9.59 Å². The van der Waals surface area contributed by atoms with E-state index >= 15 is 0 Å². The van der Waals surface area contributed by atoms with Crippen molar-refractivity contribution < 1.29 is 18.7 Å². The molecule has 0 fully saturated rings. The fourth-order valence-electron chi connectivity index (χ4n) is 1.59. The van der Waals surface area contributed by atoms with Crippen LogP contribution < -0.4 is 15.4 Å². The Balaban J connectivity index is 1.91. The Morgan fingerprint density at radius 3 is 2.71 bits per heavy atom. The zero-order chi connectivity index (χ0) is 15.2. The number of ether oxygens (including phenoxy) is 1. The van der Waals surface area contributed by atoms with Crippen molar-refractivity contribution in [2.45, 2.75) is 6.54 Å². The van der Waals surface area contributed by atoms with Gasteiger partial charge in [-0.3, -0.25) is 9.59 Å². The lowest BCUT2D eigenvalue weighted by Gasteiger charge is -2.08. The van der Waals surface area contributed by atoms with Crippen LogP contribution in [0.3, 0.4) is 0 Å². The molecule has 2 amide bonds. The van der Waals surface area contributed by atoms with Gasteiger partial charge in [-0.2, -0.15) is 0 Å². The highest BCUT2D eigenvalue weighted by molar-refractivity contribution is 6.39. The van der Waals surface area contributed by atoms with Gasteiger partial charge >= 0.3 is 11.8 Å². The number of benzene rings is 1. The van der Waals surface area contributed by atoms with E-state index in [0.717, 1.165) is 0 Å². The van der Waals surface area contributed by atoms with Crippen LogP contribution in [-0.2, 0) is 16.1 Å². The van der Waals surface area contributed by atoms with Crippen molar-refractivity contribution in [1.82, 2.24) is 5.32 Å². The van der Waals surface area contributed by atoms with Crippen molar-refractivity contribution in [3.63, 3.8) is 0 Å². The summed E-state index contributed by atoms with van der Waals surface area (Å²) in [7, 11) is 1.49. The summed E-state index contributed by atoms with van der Waals surface area (Å²) in [6, 6.07) is 8.07. The van der Waals surface area contributed by atoms with Gasteiger partial charge in [0.1, 0.15) is 11.5 Å². The lowest BCUT2D eigenvalue weighted by Crippen LogP contribution is -2.34. The van der Waals surface area contributed by atoms with Gasteiger partial charge in [0.2, 0.25) is 0 Å². The number of hydrogen-bond donors (Lipinski definition) is 2. The topological polar surface area (TPSA) is 80.6 Å². The standard InChI is InChI=1S/C14H13ClN2O4/c1-20-12-5-4-9(7-11(12)15)17-14(19)13(18)16-8-10-3-2-6-21-10/h2-7H,8H2,1H3,(H,16,18)(H,17,19). The van der Waals surface area contributed by atoms with Gasteiger partial charge in [-0.15, -0.1) is 0 Å². The minimum absolute atomic E-state index is 0.141. The molecule has 21 heavy (non-hydrogen) atoms. The van der Waals surface area contributed by atoms with Crippen LogP contribution >= 0.6 is 11.6 Å². The van der Waals surface area contributed by atoms with Gasteiger partial charge in [-0.1, -0.05) is 11.6 Å². The molecule has 2 N–H and O–H groups in total. The molecular formula is C14H13ClN2O4. The first-order valence-electron chi connectivity index (χ1n) is 6.05. The van der Waals surface area contributed by atoms with E-state index in [2.05, 4.69) is 10.6 Å². The van der Waals surface area contributed by atoms with Crippen molar-refractivity contribution in [1.29, 1.82) is 0 Å². The molecule has 110 valence electrons. The molecule has 0 saturated heterocycles. The molecule has 2 rings (SSSR count). The van der Waals surface area contributed by atoms with Crippen LogP contribution in [-0.4, -0.2) is 18.9 Å². The third-order valence-electron chi connectivity index (χ3n) is 2.62. The zero-order valence-electron chi connectivity index (χ0n) is 11.2. The molecule has 0 spiro atoms. The van der Waals surface area contributed by atoms with Gasteiger partial charge in [0.25, 0.3) is 0 Å². The number of nitrogens with one attached hydrogen (secondary N) is 2. The number of anilines is 1. The molecule has 2 aromatic rings. The summed E-state index contributed by atoms with van der Waals surface area (Å²) in [5, 5.41) is 5.22. The van der Waals surface area contributed by atoms with Gasteiger partial charge in [0.15, 0.2) is 0 Å². The van der Waals surface area contributed by atoms with Crippen LogP contribution in [0.25, 0.3) is 0 Å². The number of hydrogen-bond acceptors (Lipinski definition) is 4. The Labute approximate surface area is 126 Å². The minimum Gasteiger partial charge on any atom is -0.495 e. The van der Waals surface area contributed by atoms with Crippen molar-refractivity contribution in [2.75, 3.05) is 12.4 Å². The summed E-state index contributed by atoms with van der Waals surface area (Å²) < 4.78 is 10.0. The highest BCUT2D eigenvalue weighted by atomic mass is 35.5. The maximum absolute atomic E-state index is 11.7. The predicted molar refractivity (Wildman–Crippen MR) is 77.2 cm³/mol. The number of methoxy groups -OCH3 is 1. The number of rotatable bonds is 4. The summed E-state index contributed by atoms with van der Waals surface area (Å²) in [5.74, 6) is -0.512. The van der Waals surface area contributed by atoms with Crippen LogP contribution in [0.15, 0.2) is 41.0 Å². The predicted octanol–water partition coefficient (Wildman–Crippen LogP) is 2.20.